The molecule has 0 spiro atoms. The topological polar surface area (TPSA) is 58.2 Å². The molecule has 4 nitrogen and oxygen atoms in total. The molecule has 4 heteroatoms. The summed E-state index contributed by atoms with van der Waals surface area (Å²) in [6.45, 7) is 6.10. The van der Waals surface area contributed by atoms with Crippen LogP contribution in [-0.4, -0.2) is 24.9 Å². The summed E-state index contributed by atoms with van der Waals surface area (Å²) in [6.07, 6.45) is 3.24. The Morgan fingerprint density at radius 1 is 1.10 bits per heavy atom. The molecule has 1 atom stereocenters. The minimum absolute atomic E-state index is 0.110. The first kappa shape index (κ1) is 16.0. The maximum Gasteiger partial charge on any atom is 0.251 e. The minimum atomic E-state index is -0.121. The van der Waals surface area contributed by atoms with Gasteiger partial charge in [-0.3, -0.25) is 9.59 Å². The zero-order chi connectivity index (χ0) is 15.1. The predicted octanol–water partition coefficient (Wildman–Crippen LogP) is 2.22. The molecule has 2 amide bonds. The molecule has 2 N–H and O–H groups in total. The molecule has 1 unspecified atom stereocenters. The first-order chi connectivity index (χ1) is 9.43. The Balaban J connectivity index is 2.62. The molecule has 108 valence electrons. The number of carbonyl (C=O) groups is 2. The van der Waals surface area contributed by atoms with E-state index in [1.807, 2.05) is 6.92 Å². The highest BCUT2D eigenvalue weighted by Gasteiger charge is 2.08. The molecule has 0 aliphatic heterocycles. The second-order valence-electron chi connectivity index (χ2n) is 5.08. The normalized spacial score (nSPS) is 12.4. The average molecular weight is 274 g/mol. The highest BCUT2D eigenvalue weighted by atomic mass is 16.2. The van der Waals surface area contributed by atoms with Crippen LogP contribution in [0.3, 0.4) is 0 Å². The lowest BCUT2D eigenvalue weighted by molar-refractivity contribution is -0.117. The Morgan fingerprint density at radius 3 is 2.20 bits per heavy atom. The number of rotatable bonds is 5. The molecular formula is C16H22N2O2. The Labute approximate surface area is 120 Å². The van der Waals surface area contributed by atoms with Gasteiger partial charge in [0.05, 0.1) is 0 Å². The number of carbonyl (C=O) groups excluding carboxylic acids is 2. The van der Waals surface area contributed by atoms with Gasteiger partial charge in [0.25, 0.3) is 5.91 Å². The van der Waals surface area contributed by atoms with Crippen molar-refractivity contribution in [2.24, 2.45) is 5.92 Å². The molecule has 1 rings (SSSR count). The third kappa shape index (κ3) is 4.88. The summed E-state index contributed by atoms with van der Waals surface area (Å²) in [5, 5.41) is 5.46. The van der Waals surface area contributed by atoms with Gasteiger partial charge < -0.3 is 10.6 Å². The molecular weight excluding hydrogens is 252 g/mol. The van der Waals surface area contributed by atoms with Gasteiger partial charge in [-0.1, -0.05) is 26.0 Å². The molecule has 0 saturated carbocycles. The second-order valence-corrected chi connectivity index (χ2v) is 5.08. The van der Waals surface area contributed by atoms with Crippen LogP contribution >= 0.6 is 0 Å². The van der Waals surface area contributed by atoms with Gasteiger partial charge in [0.15, 0.2) is 0 Å². The van der Waals surface area contributed by atoms with Crippen LogP contribution in [0.15, 0.2) is 30.3 Å². The van der Waals surface area contributed by atoms with E-state index in [0.717, 1.165) is 5.56 Å². The van der Waals surface area contributed by atoms with Crippen molar-refractivity contribution >= 4 is 17.9 Å². The summed E-state index contributed by atoms with van der Waals surface area (Å²) in [5.74, 6) is 0.171. The van der Waals surface area contributed by atoms with Crippen molar-refractivity contribution in [3.63, 3.8) is 0 Å². The van der Waals surface area contributed by atoms with Gasteiger partial charge in [-0.05, 0) is 36.6 Å². The Bertz CT molecular complexity index is 490. The first-order valence-electron chi connectivity index (χ1n) is 6.74. The fourth-order valence-corrected chi connectivity index (χ4v) is 1.50. The number of hydrogen-bond donors (Lipinski definition) is 2. The van der Waals surface area contributed by atoms with Crippen LogP contribution in [0.2, 0.25) is 0 Å². The summed E-state index contributed by atoms with van der Waals surface area (Å²) in [7, 11) is 1.59. The fourth-order valence-electron chi connectivity index (χ4n) is 1.50. The van der Waals surface area contributed by atoms with Crippen LogP contribution in [-0.2, 0) is 4.79 Å². The minimum Gasteiger partial charge on any atom is -0.355 e. The molecule has 0 heterocycles. The van der Waals surface area contributed by atoms with E-state index in [2.05, 4.69) is 24.5 Å². The molecule has 0 radical (unpaired) electrons. The van der Waals surface area contributed by atoms with Gasteiger partial charge in [-0.2, -0.15) is 0 Å². The third-order valence-electron chi connectivity index (χ3n) is 3.20. The number of amides is 2. The molecule has 1 aromatic rings. The van der Waals surface area contributed by atoms with E-state index in [-0.39, 0.29) is 17.9 Å². The summed E-state index contributed by atoms with van der Waals surface area (Å²) in [4.78, 5) is 23.1. The summed E-state index contributed by atoms with van der Waals surface area (Å²) < 4.78 is 0. The highest BCUT2D eigenvalue weighted by molar-refractivity contribution is 5.94. The van der Waals surface area contributed by atoms with Crippen molar-refractivity contribution < 1.29 is 9.59 Å². The van der Waals surface area contributed by atoms with Crippen LogP contribution in [0.25, 0.3) is 6.08 Å². The number of nitrogens with one attached hydrogen (secondary N) is 2. The van der Waals surface area contributed by atoms with Crippen LogP contribution in [0.1, 0.15) is 36.7 Å². The van der Waals surface area contributed by atoms with E-state index in [1.54, 1.807) is 37.4 Å². The molecule has 20 heavy (non-hydrogen) atoms. The zero-order valence-corrected chi connectivity index (χ0v) is 12.4. The van der Waals surface area contributed by atoms with Gasteiger partial charge in [0, 0.05) is 24.7 Å². The number of benzene rings is 1. The predicted molar refractivity (Wildman–Crippen MR) is 81.3 cm³/mol. The summed E-state index contributed by atoms with van der Waals surface area (Å²) in [6, 6.07) is 7.21. The largest absolute Gasteiger partial charge is 0.355 e. The van der Waals surface area contributed by atoms with Gasteiger partial charge in [-0.15, -0.1) is 0 Å². The van der Waals surface area contributed by atoms with Gasteiger partial charge >= 0.3 is 0 Å². The molecule has 0 saturated heterocycles. The SMILES string of the molecule is CNC(=O)c1ccc(/C=C/C(=O)NC(C)C(C)C)cc1. The third-order valence-corrected chi connectivity index (χ3v) is 3.20. The maximum atomic E-state index is 11.7. The van der Waals surface area contributed by atoms with Crippen molar-refractivity contribution in [1.82, 2.24) is 10.6 Å². The number of hydrogen-bond acceptors (Lipinski definition) is 2. The smallest absolute Gasteiger partial charge is 0.251 e. The molecule has 0 fully saturated rings. The van der Waals surface area contributed by atoms with E-state index in [4.69, 9.17) is 0 Å². The van der Waals surface area contributed by atoms with Crippen molar-refractivity contribution in [1.29, 1.82) is 0 Å². The summed E-state index contributed by atoms with van der Waals surface area (Å²) >= 11 is 0. The van der Waals surface area contributed by atoms with Gasteiger partial charge in [-0.25, -0.2) is 0 Å². The van der Waals surface area contributed by atoms with Gasteiger partial charge in [0.1, 0.15) is 0 Å². The van der Waals surface area contributed by atoms with E-state index in [0.29, 0.717) is 11.5 Å². The van der Waals surface area contributed by atoms with Crippen molar-refractivity contribution in [3.05, 3.63) is 41.5 Å². The van der Waals surface area contributed by atoms with Crippen LogP contribution < -0.4 is 10.6 Å². The lowest BCUT2D eigenvalue weighted by Gasteiger charge is -2.15. The Kier molecular flexibility index (Phi) is 5.97. The van der Waals surface area contributed by atoms with Crippen molar-refractivity contribution in [2.45, 2.75) is 26.8 Å². The monoisotopic (exact) mass is 274 g/mol. The first-order valence-corrected chi connectivity index (χ1v) is 6.74. The lowest BCUT2D eigenvalue weighted by Crippen LogP contribution is -2.34. The fraction of sp³-hybridized carbons (Fsp3) is 0.375. The second kappa shape index (κ2) is 7.48. The van der Waals surface area contributed by atoms with E-state index in [1.165, 1.54) is 6.08 Å². The maximum absolute atomic E-state index is 11.7. The zero-order valence-electron chi connectivity index (χ0n) is 12.4. The lowest BCUT2D eigenvalue weighted by atomic mass is 10.1. The molecule has 0 bridgehead atoms. The van der Waals surface area contributed by atoms with Crippen molar-refractivity contribution in [3.8, 4) is 0 Å². The Morgan fingerprint density at radius 2 is 1.70 bits per heavy atom. The van der Waals surface area contributed by atoms with Gasteiger partial charge in [0.2, 0.25) is 5.91 Å². The average Bonchev–Trinajstić information content (AvgIpc) is 2.44. The Hall–Kier alpha value is -2.10. The molecule has 1 aromatic carbocycles. The molecule has 0 aromatic heterocycles. The molecule has 0 aliphatic carbocycles. The van der Waals surface area contributed by atoms with Crippen LogP contribution in [0.5, 0.6) is 0 Å². The van der Waals surface area contributed by atoms with E-state index in [9.17, 15) is 9.59 Å². The van der Waals surface area contributed by atoms with Crippen LogP contribution in [0, 0.1) is 5.92 Å². The molecule has 0 aliphatic rings. The highest BCUT2D eigenvalue weighted by Crippen LogP contribution is 2.06. The standard InChI is InChI=1S/C16H22N2O2/c1-11(2)12(3)18-15(19)10-7-13-5-8-14(9-6-13)16(20)17-4/h5-12H,1-4H3,(H,17,20)(H,18,19)/b10-7+. The van der Waals surface area contributed by atoms with E-state index < -0.39 is 0 Å². The van der Waals surface area contributed by atoms with Crippen molar-refractivity contribution in [2.75, 3.05) is 7.05 Å². The van der Waals surface area contributed by atoms with Crippen LogP contribution in [0.4, 0.5) is 0 Å². The summed E-state index contributed by atoms with van der Waals surface area (Å²) in [5.41, 5.74) is 1.48. The quantitative estimate of drug-likeness (QED) is 0.809. The van der Waals surface area contributed by atoms with E-state index >= 15 is 0 Å².